The van der Waals surface area contributed by atoms with Gasteiger partial charge in [-0.15, -0.1) is 0 Å². The summed E-state index contributed by atoms with van der Waals surface area (Å²) in [5.41, 5.74) is 3.03. The van der Waals surface area contributed by atoms with E-state index in [1.807, 2.05) is 54.6 Å². The summed E-state index contributed by atoms with van der Waals surface area (Å²) in [5.74, 6) is 0.498. The van der Waals surface area contributed by atoms with Gasteiger partial charge in [0, 0.05) is 30.8 Å². The SMILES string of the molecule is O=C1CCC(=O)N1CCSc1nc2ccccc2n1-c1ccccc1. The van der Waals surface area contributed by atoms with E-state index < -0.39 is 0 Å². The zero-order chi connectivity index (χ0) is 17.2. The number of carbonyl (C=O) groups excluding carboxylic acids is 2. The third-order valence-corrected chi connectivity index (χ3v) is 5.16. The number of fused-ring (bicyclic) bond motifs is 1. The van der Waals surface area contributed by atoms with Gasteiger partial charge in [0.15, 0.2) is 5.16 Å². The van der Waals surface area contributed by atoms with E-state index in [1.165, 1.54) is 4.90 Å². The molecule has 2 amide bonds. The Morgan fingerprint density at radius 3 is 2.36 bits per heavy atom. The number of aromatic nitrogens is 2. The van der Waals surface area contributed by atoms with Gasteiger partial charge in [-0.25, -0.2) is 4.98 Å². The number of hydrogen-bond donors (Lipinski definition) is 0. The Balaban J connectivity index is 1.61. The van der Waals surface area contributed by atoms with Crippen LogP contribution >= 0.6 is 11.8 Å². The lowest BCUT2D eigenvalue weighted by Gasteiger charge is -2.13. The zero-order valence-electron chi connectivity index (χ0n) is 13.6. The van der Waals surface area contributed by atoms with Crippen molar-refractivity contribution in [1.29, 1.82) is 0 Å². The maximum absolute atomic E-state index is 11.7. The molecular formula is C19H17N3O2S. The van der Waals surface area contributed by atoms with Gasteiger partial charge in [0.25, 0.3) is 0 Å². The van der Waals surface area contributed by atoms with Crippen LogP contribution in [0.25, 0.3) is 16.7 Å². The topological polar surface area (TPSA) is 55.2 Å². The normalized spacial score (nSPS) is 14.6. The van der Waals surface area contributed by atoms with Crippen LogP contribution in [0.3, 0.4) is 0 Å². The van der Waals surface area contributed by atoms with Crippen molar-refractivity contribution in [2.24, 2.45) is 0 Å². The first-order valence-corrected chi connectivity index (χ1v) is 9.21. The number of thioether (sulfide) groups is 1. The molecule has 1 aliphatic heterocycles. The lowest BCUT2D eigenvalue weighted by molar-refractivity contribution is -0.137. The summed E-state index contributed by atoms with van der Waals surface area (Å²) in [4.78, 5) is 29.6. The second kappa shape index (κ2) is 6.72. The van der Waals surface area contributed by atoms with Gasteiger partial charge in [-0.1, -0.05) is 42.1 Å². The fourth-order valence-corrected chi connectivity index (χ4v) is 3.98. The highest BCUT2D eigenvalue weighted by Crippen LogP contribution is 2.28. The van der Waals surface area contributed by atoms with Crippen LogP contribution < -0.4 is 0 Å². The summed E-state index contributed by atoms with van der Waals surface area (Å²) in [5, 5.41) is 0.867. The summed E-state index contributed by atoms with van der Waals surface area (Å²) in [6, 6.07) is 18.1. The van der Waals surface area contributed by atoms with Crippen LogP contribution in [0.2, 0.25) is 0 Å². The largest absolute Gasteiger partial charge is 0.287 e. The van der Waals surface area contributed by atoms with E-state index in [0.29, 0.717) is 25.1 Å². The van der Waals surface area contributed by atoms with Crippen LogP contribution in [0, 0.1) is 0 Å². The van der Waals surface area contributed by atoms with E-state index in [4.69, 9.17) is 4.98 Å². The molecule has 6 heteroatoms. The van der Waals surface area contributed by atoms with E-state index in [0.717, 1.165) is 21.9 Å². The van der Waals surface area contributed by atoms with Crippen molar-refractivity contribution in [2.75, 3.05) is 12.3 Å². The number of amides is 2. The van der Waals surface area contributed by atoms with Gasteiger partial charge in [0.1, 0.15) is 0 Å². The van der Waals surface area contributed by atoms with Crippen LogP contribution in [0.5, 0.6) is 0 Å². The van der Waals surface area contributed by atoms with Crippen LogP contribution in [0.4, 0.5) is 0 Å². The van der Waals surface area contributed by atoms with E-state index >= 15 is 0 Å². The van der Waals surface area contributed by atoms with Crippen molar-refractivity contribution in [3.05, 3.63) is 54.6 Å². The quantitative estimate of drug-likeness (QED) is 0.523. The van der Waals surface area contributed by atoms with E-state index in [1.54, 1.807) is 11.8 Å². The highest BCUT2D eigenvalue weighted by Gasteiger charge is 2.28. The Hall–Kier alpha value is -2.60. The fourth-order valence-electron chi connectivity index (χ4n) is 3.03. The van der Waals surface area contributed by atoms with Crippen molar-refractivity contribution in [1.82, 2.24) is 14.5 Å². The number of nitrogens with zero attached hydrogens (tertiary/aromatic N) is 3. The highest BCUT2D eigenvalue weighted by molar-refractivity contribution is 7.99. The first-order valence-electron chi connectivity index (χ1n) is 8.23. The highest BCUT2D eigenvalue weighted by atomic mass is 32.2. The summed E-state index contributed by atoms with van der Waals surface area (Å²) < 4.78 is 2.12. The monoisotopic (exact) mass is 351 g/mol. The molecule has 2 aromatic carbocycles. The Kier molecular flexibility index (Phi) is 4.28. The maximum atomic E-state index is 11.7. The molecule has 0 atom stereocenters. The van der Waals surface area contributed by atoms with Crippen LogP contribution in [0.15, 0.2) is 59.8 Å². The maximum Gasteiger partial charge on any atom is 0.229 e. The number of para-hydroxylation sites is 3. The third kappa shape index (κ3) is 3.05. The van der Waals surface area contributed by atoms with Gasteiger partial charge in [0.05, 0.1) is 11.0 Å². The second-order valence-electron chi connectivity index (χ2n) is 5.84. The summed E-state index contributed by atoms with van der Waals surface area (Å²) in [6.07, 6.45) is 0.679. The first kappa shape index (κ1) is 15.9. The van der Waals surface area contributed by atoms with E-state index in [-0.39, 0.29) is 11.8 Å². The molecule has 5 nitrogen and oxygen atoms in total. The summed E-state index contributed by atoms with van der Waals surface area (Å²) >= 11 is 1.56. The molecule has 0 radical (unpaired) electrons. The van der Waals surface area contributed by atoms with E-state index in [2.05, 4.69) is 4.57 Å². The minimum absolute atomic E-state index is 0.0674. The van der Waals surface area contributed by atoms with Gasteiger partial charge in [0.2, 0.25) is 11.8 Å². The number of likely N-dealkylation sites (tertiary alicyclic amines) is 1. The molecule has 1 aliphatic rings. The van der Waals surface area contributed by atoms with Crippen molar-refractivity contribution >= 4 is 34.6 Å². The van der Waals surface area contributed by atoms with Crippen LogP contribution in [-0.2, 0) is 9.59 Å². The van der Waals surface area contributed by atoms with Crippen molar-refractivity contribution in [2.45, 2.75) is 18.0 Å². The molecule has 0 aliphatic carbocycles. The Morgan fingerprint density at radius 1 is 0.920 bits per heavy atom. The first-order chi connectivity index (χ1) is 12.2. The lowest BCUT2D eigenvalue weighted by atomic mass is 10.3. The molecule has 0 spiro atoms. The van der Waals surface area contributed by atoms with Crippen molar-refractivity contribution in [3.8, 4) is 5.69 Å². The number of imidazole rings is 1. The fraction of sp³-hybridized carbons (Fsp3) is 0.211. The number of hydrogen-bond acceptors (Lipinski definition) is 4. The Bertz CT molecular complexity index is 920. The number of benzene rings is 2. The van der Waals surface area contributed by atoms with Gasteiger partial charge in [-0.2, -0.15) is 0 Å². The summed E-state index contributed by atoms with van der Waals surface area (Å²) in [6.45, 7) is 0.431. The zero-order valence-corrected chi connectivity index (χ0v) is 14.4. The average molecular weight is 351 g/mol. The van der Waals surface area contributed by atoms with Crippen LogP contribution in [-0.4, -0.2) is 38.6 Å². The second-order valence-corrected chi connectivity index (χ2v) is 6.90. The minimum Gasteiger partial charge on any atom is -0.287 e. The standard InChI is InChI=1S/C19H17N3O2S/c23-17-10-11-18(24)21(17)12-13-25-19-20-15-8-4-5-9-16(15)22(19)14-6-2-1-3-7-14/h1-9H,10-13H2. The van der Waals surface area contributed by atoms with Gasteiger partial charge < -0.3 is 0 Å². The summed E-state index contributed by atoms with van der Waals surface area (Å²) in [7, 11) is 0. The third-order valence-electron chi connectivity index (χ3n) is 4.25. The smallest absolute Gasteiger partial charge is 0.229 e. The predicted octanol–water partition coefficient (Wildman–Crippen LogP) is 3.27. The predicted molar refractivity (Wildman–Crippen MR) is 97.7 cm³/mol. The lowest BCUT2D eigenvalue weighted by Crippen LogP contribution is -2.31. The molecule has 2 heterocycles. The van der Waals surface area contributed by atoms with Crippen LogP contribution in [0.1, 0.15) is 12.8 Å². The molecule has 3 aromatic rings. The Labute approximate surface area is 149 Å². The molecule has 25 heavy (non-hydrogen) atoms. The molecule has 0 saturated carbocycles. The average Bonchev–Trinajstić information content (AvgIpc) is 3.16. The molecule has 1 aromatic heterocycles. The van der Waals surface area contributed by atoms with Gasteiger partial charge in [-0.05, 0) is 24.3 Å². The van der Waals surface area contributed by atoms with Gasteiger partial charge >= 0.3 is 0 Å². The molecule has 0 N–H and O–H groups in total. The molecule has 4 rings (SSSR count). The van der Waals surface area contributed by atoms with Crippen molar-refractivity contribution in [3.63, 3.8) is 0 Å². The molecule has 0 bridgehead atoms. The molecule has 1 fully saturated rings. The number of rotatable bonds is 5. The molecular weight excluding hydrogens is 334 g/mol. The molecule has 126 valence electrons. The number of carbonyl (C=O) groups is 2. The molecule has 0 unspecified atom stereocenters. The number of imide groups is 1. The van der Waals surface area contributed by atoms with Crippen molar-refractivity contribution < 1.29 is 9.59 Å². The Morgan fingerprint density at radius 2 is 1.60 bits per heavy atom. The molecule has 1 saturated heterocycles. The minimum atomic E-state index is -0.0674. The van der Waals surface area contributed by atoms with E-state index in [9.17, 15) is 9.59 Å². The van der Waals surface area contributed by atoms with Gasteiger partial charge in [-0.3, -0.25) is 19.1 Å².